The molecule has 0 amide bonds. The number of nitrogens with zero attached hydrogens (tertiary/aromatic N) is 2. The van der Waals surface area contributed by atoms with Crippen molar-refractivity contribution in [2.45, 2.75) is 24.8 Å². The number of hydrazine groups is 1. The summed E-state index contributed by atoms with van der Waals surface area (Å²) < 4.78 is 0. The van der Waals surface area contributed by atoms with Gasteiger partial charge in [-0.2, -0.15) is 0 Å². The van der Waals surface area contributed by atoms with E-state index in [1.807, 2.05) is 24.4 Å². The summed E-state index contributed by atoms with van der Waals surface area (Å²) in [5.74, 6) is 6.03. The maximum atomic E-state index is 5.96. The molecule has 0 spiro atoms. The van der Waals surface area contributed by atoms with Gasteiger partial charge in [-0.25, -0.2) is 4.98 Å². The first-order chi connectivity index (χ1) is 9.29. The van der Waals surface area contributed by atoms with Gasteiger partial charge < -0.3 is 0 Å². The highest BCUT2D eigenvalue weighted by Gasteiger charge is 2.31. The third kappa shape index (κ3) is 2.34. The lowest BCUT2D eigenvalue weighted by Gasteiger charge is -2.23. The number of nitrogens with two attached hydrogens (primary N) is 1. The number of rotatable bonds is 3. The van der Waals surface area contributed by atoms with E-state index in [0.29, 0.717) is 5.15 Å². The second-order valence-corrected chi connectivity index (χ2v) is 5.14. The van der Waals surface area contributed by atoms with Crippen molar-refractivity contribution in [3.05, 3.63) is 58.6 Å². The smallest absolute Gasteiger partial charge is 0.129 e. The van der Waals surface area contributed by atoms with Gasteiger partial charge in [0.1, 0.15) is 5.15 Å². The number of pyridine rings is 2. The molecular formula is C14H15ClN4. The number of hydrogen-bond acceptors (Lipinski definition) is 4. The Morgan fingerprint density at radius 1 is 1.32 bits per heavy atom. The van der Waals surface area contributed by atoms with E-state index in [0.717, 1.165) is 24.1 Å². The molecule has 5 heteroatoms. The van der Waals surface area contributed by atoms with E-state index in [2.05, 4.69) is 21.5 Å². The van der Waals surface area contributed by atoms with Crippen LogP contribution in [-0.2, 0) is 6.42 Å². The standard InChI is InChI=1S/C14H15ClN4/c15-12-8-10(5-7-17-12)14(19-16)11-4-3-9-2-1-6-18-13(9)11/h1-2,5-8,11,14,19H,3-4,16H2. The van der Waals surface area contributed by atoms with E-state index in [9.17, 15) is 0 Å². The Labute approximate surface area is 117 Å². The molecule has 0 fully saturated rings. The molecular weight excluding hydrogens is 260 g/mol. The van der Waals surface area contributed by atoms with Crippen LogP contribution >= 0.6 is 11.6 Å². The molecule has 2 aromatic rings. The zero-order chi connectivity index (χ0) is 13.2. The molecule has 0 radical (unpaired) electrons. The van der Waals surface area contributed by atoms with Crippen LogP contribution in [-0.4, -0.2) is 9.97 Å². The van der Waals surface area contributed by atoms with Gasteiger partial charge in [0.15, 0.2) is 0 Å². The first-order valence-corrected chi connectivity index (χ1v) is 6.69. The van der Waals surface area contributed by atoms with Crippen molar-refractivity contribution in [3.63, 3.8) is 0 Å². The van der Waals surface area contributed by atoms with Crippen LogP contribution in [0.25, 0.3) is 0 Å². The predicted octanol–water partition coefficient (Wildman–Crippen LogP) is 2.36. The fourth-order valence-corrected chi connectivity index (χ4v) is 3.01. The van der Waals surface area contributed by atoms with E-state index < -0.39 is 0 Å². The van der Waals surface area contributed by atoms with E-state index in [1.165, 1.54) is 5.56 Å². The minimum absolute atomic E-state index is 0.0108. The molecule has 2 heterocycles. The number of nitrogens with one attached hydrogen (secondary N) is 1. The van der Waals surface area contributed by atoms with Gasteiger partial charge in [-0.1, -0.05) is 17.7 Å². The Morgan fingerprint density at radius 2 is 2.21 bits per heavy atom. The summed E-state index contributed by atoms with van der Waals surface area (Å²) in [6, 6.07) is 7.92. The molecule has 2 atom stereocenters. The van der Waals surface area contributed by atoms with Crippen LogP contribution in [0.5, 0.6) is 0 Å². The fourth-order valence-electron chi connectivity index (χ4n) is 2.82. The lowest BCUT2D eigenvalue weighted by Crippen LogP contribution is -2.32. The molecule has 0 bridgehead atoms. The lowest BCUT2D eigenvalue weighted by molar-refractivity contribution is 0.446. The molecule has 0 saturated heterocycles. The summed E-state index contributed by atoms with van der Waals surface area (Å²) >= 11 is 5.96. The Bertz CT molecular complexity index is 587. The highest BCUT2D eigenvalue weighted by molar-refractivity contribution is 6.29. The summed E-state index contributed by atoms with van der Waals surface area (Å²) in [6.07, 6.45) is 5.63. The minimum Gasteiger partial charge on any atom is -0.271 e. The number of hydrogen-bond donors (Lipinski definition) is 2. The molecule has 0 aliphatic heterocycles. The van der Waals surface area contributed by atoms with Gasteiger partial charge in [0.2, 0.25) is 0 Å². The quantitative estimate of drug-likeness (QED) is 0.512. The average molecular weight is 275 g/mol. The molecule has 19 heavy (non-hydrogen) atoms. The maximum Gasteiger partial charge on any atom is 0.129 e. The topological polar surface area (TPSA) is 63.8 Å². The van der Waals surface area contributed by atoms with Gasteiger partial charge in [-0.05, 0) is 42.2 Å². The highest BCUT2D eigenvalue weighted by atomic mass is 35.5. The molecule has 98 valence electrons. The van der Waals surface area contributed by atoms with Crippen molar-refractivity contribution in [1.82, 2.24) is 15.4 Å². The summed E-state index contributed by atoms with van der Waals surface area (Å²) in [7, 11) is 0. The Morgan fingerprint density at radius 3 is 3.00 bits per heavy atom. The maximum absolute atomic E-state index is 5.96. The van der Waals surface area contributed by atoms with Crippen LogP contribution < -0.4 is 11.3 Å². The van der Waals surface area contributed by atoms with Crippen LogP contribution in [0.4, 0.5) is 0 Å². The zero-order valence-electron chi connectivity index (χ0n) is 10.4. The summed E-state index contributed by atoms with van der Waals surface area (Å²) in [6.45, 7) is 0. The fraction of sp³-hybridized carbons (Fsp3) is 0.286. The second-order valence-electron chi connectivity index (χ2n) is 4.75. The van der Waals surface area contributed by atoms with Crippen molar-refractivity contribution >= 4 is 11.6 Å². The monoisotopic (exact) mass is 274 g/mol. The van der Waals surface area contributed by atoms with Crippen molar-refractivity contribution in [2.75, 3.05) is 0 Å². The molecule has 0 aromatic carbocycles. The molecule has 2 unspecified atom stereocenters. The van der Waals surface area contributed by atoms with E-state index in [-0.39, 0.29) is 12.0 Å². The predicted molar refractivity (Wildman–Crippen MR) is 74.6 cm³/mol. The van der Waals surface area contributed by atoms with Gasteiger partial charge in [-0.3, -0.25) is 16.3 Å². The van der Waals surface area contributed by atoms with Crippen molar-refractivity contribution in [2.24, 2.45) is 5.84 Å². The zero-order valence-corrected chi connectivity index (χ0v) is 11.1. The normalized spacial score (nSPS) is 19.2. The van der Waals surface area contributed by atoms with Crippen LogP contribution in [0.2, 0.25) is 5.15 Å². The largest absolute Gasteiger partial charge is 0.271 e. The number of aromatic nitrogens is 2. The molecule has 4 nitrogen and oxygen atoms in total. The first-order valence-electron chi connectivity index (χ1n) is 6.31. The molecule has 2 aromatic heterocycles. The minimum atomic E-state index is 0.0108. The van der Waals surface area contributed by atoms with Gasteiger partial charge >= 0.3 is 0 Å². The number of aryl methyl sites for hydroxylation is 1. The van der Waals surface area contributed by atoms with Gasteiger partial charge in [0.25, 0.3) is 0 Å². The van der Waals surface area contributed by atoms with Crippen molar-refractivity contribution in [1.29, 1.82) is 0 Å². The SMILES string of the molecule is NNC(c1ccnc(Cl)c1)C1CCc2cccnc21. The van der Waals surface area contributed by atoms with Crippen LogP contribution in [0.1, 0.15) is 35.2 Å². The van der Waals surface area contributed by atoms with Crippen molar-refractivity contribution in [3.8, 4) is 0 Å². The number of fused-ring (bicyclic) bond motifs is 1. The Kier molecular flexibility index (Phi) is 3.46. The molecule has 1 aliphatic carbocycles. The van der Waals surface area contributed by atoms with E-state index >= 15 is 0 Å². The van der Waals surface area contributed by atoms with Crippen LogP contribution in [0, 0.1) is 0 Å². The van der Waals surface area contributed by atoms with Gasteiger partial charge in [-0.15, -0.1) is 0 Å². The number of halogens is 1. The van der Waals surface area contributed by atoms with E-state index in [1.54, 1.807) is 6.20 Å². The van der Waals surface area contributed by atoms with Crippen LogP contribution in [0.15, 0.2) is 36.7 Å². The summed E-state index contributed by atoms with van der Waals surface area (Å²) in [4.78, 5) is 8.52. The Balaban J connectivity index is 1.96. The first kappa shape index (κ1) is 12.5. The molecule has 3 rings (SSSR count). The van der Waals surface area contributed by atoms with Gasteiger partial charge in [0, 0.05) is 24.0 Å². The molecule has 3 N–H and O–H groups in total. The molecule has 0 saturated carbocycles. The summed E-state index contributed by atoms with van der Waals surface area (Å²) in [5, 5.41) is 0.483. The third-order valence-electron chi connectivity index (χ3n) is 3.69. The van der Waals surface area contributed by atoms with E-state index in [4.69, 9.17) is 17.4 Å². The molecule has 1 aliphatic rings. The highest BCUT2D eigenvalue weighted by Crippen LogP contribution is 2.40. The van der Waals surface area contributed by atoms with Gasteiger partial charge in [0.05, 0.1) is 6.04 Å². The summed E-state index contributed by atoms with van der Waals surface area (Å²) in [5.41, 5.74) is 6.40. The van der Waals surface area contributed by atoms with Crippen LogP contribution in [0.3, 0.4) is 0 Å². The second kappa shape index (κ2) is 5.25. The average Bonchev–Trinajstić information content (AvgIpc) is 2.84. The lowest BCUT2D eigenvalue weighted by atomic mass is 9.92. The Hall–Kier alpha value is -1.49. The van der Waals surface area contributed by atoms with Crippen molar-refractivity contribution < 1.29 is 0 Å². The third-order valence-corrected chi connectivity index (χ3v) is 3.90.